The maximum absolute atomic E-state index is 16.1. The van der Waals surface area contributed by atoms with Crippen molar-refractivity contribution in [2.24, 2.45) is 0 Å². The van der Waals surface area contributed by atoms with Gasteiger partial charge in [0.1, 0.15) is 23.7 Å². The second-order valence-corrected chi connectivity index (χ2v) is 11.5. The van der Waals surface area contributed by atoms with Gasteiger partial charge >= 0.3 is 5.69 Å². The van der Waals surface area contributed by atoms with Gasteiger partial charge in [-0.15, -0.1) is 0 Å². The molecule has 0 bridgehead atoms. The van der Waals surface area contributed by atoms with Crippen LogP contribution in [-0.4, -0.2) is 61.0 Å². The molecule has 0 aliphatic carbocycles. The molecule has 9 nitrogen and oxygen atoms in total. The summed E-state index contributed by atoms with van der Waals surface area (Å²) in [7, 11) is 0. The van der Waals surface area contributed by atoms with Gasteiger partial charge in [0.05, 0.1) is 22.5 Å². The van der Waals surface area contributed by atoms with Crippen LogP contribution in [0.25, 0.3) is 34.1 Å². The zero-order chi connectivity index (χ0) is 31.9. The summed E-state index contributed by atoms with van der Waals surface area (Å²) in [6, 6.07) is 8.14. The van der Waals surface area contributed by atoms with E-state index in [1.807, 2.05) is 51.7 Å². The molecule has 0 saturated carbocycles. The highest BCUT2D eigenvalue weighted by molar-refractivity contribution is 5.92. The number of carbonyl (C=O) groups is 1. The number of carbonyl (C=O) groups excluding carboxylic acids is 1. The van der Waals surface area contributed by atoms with Crippen molar-refractivity contribution in [3.8, 4) is 16.9 Å². The second-order valence-electron chi connectivity index (χ2n) is 11.5. The lowest BCUT2D eigenvalue weighted by molar-refractivity contribution is -0.129. The molecule has 1 amide bonds. The van der Waals surface area contributed by atoms with Crippen molar-refractivity contribution in [2.75, 3.05) is 24.5 Å². The maximum atomic E-state index is 16.1. The summed E-state index contributed by atoms with van der Waals surface area (Å²) in [6.07, 6.45) is 3.11. The highest BCUT2D eigenvalue weighted by Gasteiger charge is 2.32. The van der Waals surface area contributed by atoms with Crippen molar-refractivity contribution < 1.29 is 13.6 Å². The Morgan fingerprint density at radius 1 is 1.07 bits per heavy atom. The molecule has 228 valence electrons. The van der Waals surface area contributed by atoms with Crippen molar-refractivity contribution in [2.45, 2.75) is 52.5 Å². The molecule has 1 atom stereocenters. The monoisotopic (exact) mass is 599 g/mol. The van der Waals surface area contributed by atoms with Crippen LogP contribution in [0.1, 0.15) is 63.4 Å². The molecule has 4 aromatic rings. The molecule has 1 fully saturated rings. The van der Waals surface area contributed by atoms with Crippen LogP contribution < -0.4 is 10.6 Å². The van der Waals surface area contributed by atoms with Crippen molar-refractivity contribution in [3.05, 3.63) is 88.9 Å². The Morgan fingerprint density at radius 2 is 1.73 bits per heavy atom. The molecule has 0 N–H and O–H groups in total. The van der Waals surface area contributed by atoms with E-state index in [9.17, 15) is 14.0 Å². The van der Waals surface area contributed by atoms with Crippen LogP contribution in [0.15, 0.2) is 60.4 Å². The number of halogens is 2. The average molecular weight is 600 g/mol. The van der Waals surface area contributed by atoms with Crippen molar-refractivity contribution in [3.63, 3.8) is 0 Å². The molecule has 1 aliphatic heterocycles. The molecule has 0 radical (unpaired) electrons. The number of hydrogen-bond donors (Lipinski definition) is 0. The maximum Gasteiger partial charge on any atom is 0.355 e. The number of piperazine rings is 1. The van der Waals surface area contributed by atoms with Gasteiger partial charge in [0.15, 0.2) is 11.5 Å². The number of anilines is 1. The van der Waals surface area contributed by atoms with Crippen LogP contribution in [0.4, 0.5) is 14.6 Å². The normalized spacial score (nSPS) is 15.3. The Bertz CT molecular complexity index is 1820. The second kappa shape index (κ2) is 12.1. The first-order valence-electron chi connectivity index (χ1n) is 14.5. The Hall–Kier alpha value is -4.80. The summed E-state index contributed by atoms with van der Waals surface area (Å²) in [4.78, 5) is 48.0. The Labute approximate surface area is 254 Å². The highest BCUT2D eigenvalue weighted by Crippen LogP contribution is 2.35. The third-order valence-electron chi connectivity index (χ3n) is 7.85. The first kappa shape index (κ1) is 30.7. The van der Waals surface area contributed by atoms with Crippen molar-refractivity contribution >= 4 is 28.8 Å². The summed E-state index contributed by atoms with van der Waals surface area (Å²) in [6.45, 7) is 17.3. The molecule has 0 unspecified atom stereocenters. The lowest BCUT2D eigenvalue weighted by atomic mass is 10.0. The van der Waals surface area contributed by atoms with E-state index < -0.39 is 23.2 Å². The minimum atomic E-state index is -1.04. The summed E-state index contributed by atoms with van der Waals surface area (Å²) < 4.78 is 31.1. The van der Waals surface area contributed by atoms with Crippen molar-refractivity contribution in [1.82, 2.24) is 29.4 Å². The smallest absolute Gasteiger partial charge is 0.350 e. The quantitative estimate of drug-likeness (QED) is 0.248. The van der Waals surface area contributed by atoms with Crippen molar-refractivity contribution in [1.29, 1.82) is 0 Å². The topological polar surface area (TPSA) is 97.1 Å². The van der Waals surface area contributed by atoms with E-state index >= 15 is 4.39 Å². The van der Waals surface area contributed by atoms with Gasteiger partial charge in [0, 0.05) is 31.2 Å². The number of amides is 1. The number of pyridine rings is 1. The fourth-order valence-corrected chi connectivity index (χ4v) is 5.71. The first-order chi connectivity index (χ1) is 20.9. The SMILES string of the molecule is C=Cc1ccccc1-c1nc2c(cc1F)c(N1CCN(C(=O)C(=C)F)C[C@@H]1C)nc(=O)n2-c1c(C(C)C)ncnc1C(C)C. The number of aromatic nitrogens is 5. The molecule has 1 aromatic carbocycles. The number of benzene rings is 1. The van der Waals surface area contributed by atoms with Gasteiger partial charge in [-0.3, -0.25) is 4.79 Å². The summed E-state index contributed by atoms with van der Waals surface area (Å²) in [5.41, 5.74) is 2.55. The fourth-order valence-electron chi connectivity index (χ4n) is 5.71. The van der Waals surface area contributed by atoms with Gasteiger partial charge in [-0.1, -0.05) is 71.2 Å². The van der Waals surface area contributed by atoms with Crippen LogP contribution in [0.2, 0.25) is 0 Å². The number of rotatable bonds is 7. The lowest BCUT2D eigenvalue weighted by Crippen LogP contribution is -2.54. The molecule has 0 spiro atoms. The van der Waals surface area contributed by atoms with Crippen LogP contribution >= 0.6 is 0 Å². The van der Waals surface area contributed by atoms with Gasteiger partial charge in [0.2, 0.25) is 0 Å². The van der Waals surface area contributed by atoms with E-state index in [4.69, 9.17) is 4.98 Å². The summed E-state index contributed by atoms with van der Waals surface area (Å²) in [5, 5.41) is 0.303. The Morgan fingerprint density at radius 3 is 2.32 bits per heavy atom. The third-order valence-corrected chi connectivity index (χ3v) is 7.85. The average Bonchev–Trinajstić information content (AvgIpc) is 2.99. The minimum Gasteiger partial charge on any atom is -0.350 e. The van der Waals surface area contributed by atoms with Crippen LogP contribution in [0, 0.1) is 5.82 Å². The number of hydrogen-bond acceptors (Lipinski definition) is 7. The zero-order valence-corrected chi connectivity index (χ0v) is 25.5. The largest absolute Gasteiger partial charge is 0.355 e. The molecule has 5 rings (SSSR count). The molecular weight excluding hydrogens is 564 g/mol. The predicted octanol–water partition coefficient (Wildman–Crippen LogP) is 5.79. The Kier molecular flexibility index (Phi) is 8.40. The molecule has 1 saturated heterocycles. The molecule has 44 heavy (non-hydrogen) atoms. The van der Waals surface area contributed by atoms with E-state index in [2.05, 4.69) is 28.1 Å². The lowest BCUT2D eigenvalue weighted by Gasteiger charge is -2.40. The van der Waals surface area contributed by atoms with E-state index in [1.165, 1.54) is 21.9 Å². The van der Waals surface area contributed by atoms with Gasteiger partial charge in [-0.05, 0) is 30.4 Å². The van der Waals surface area contributed by atoms with Gasteiger partial charge < -0.3 is 9.80 Å². The molecule has 1 aliphatic rings. The molecule has 3 aromatic heterocycles. The standard InChI is InChI=1S/C33H35F2N7O2/c1-8-22-11-9-10-12-23(22)28-25(35)15-24-30(41-14-13-40(16-20(41)6)32(43)21(7)34)39-33(44)42(31(24)38-28)29-26(18(2)3)36-17-37-27(29)19(4)5/h8-12,15,17-20H,1,7,13-14,16H2,2-6H3/t20-/m0/s1. The van der Waals surface area contributed by atoms with E-state index in [1.54, 1.807) is 18.2 Å². The summed E-state index contributed by atoms with van der Waals surface area (Å²) >= 11 is 0. The van der Waals surface area contributed by atoms with Crippen LogP contribution in [-0.2, 0) is 4.79 Å². The Balaban J connectivity index is 1.83. The third kappa shape index (κ3) is 5.38. The van der Waals surface area contributed by atoms with E-state index in [0.29, 0.717) is 33.6 Å². The van der Waals surface area contributed by atoms with E-state index in [-0.39, 0.29) is 54.7 Å². The van der Waals surface area contributed by atoms with Crippen LogP contribution in [0.3, 0.4) is 0 Å². The van der Waals surface area contributed by atoms with Gasteiger partial charge in [-0.2, -0.15) is 4.98 Å². The molecule has 4 heterocycles. The van der Waals surface area contributed by atoms with Crippen LogP contribution in [0.5, 0.6) is 0 Å². The predicted molar refractivity (Wildman–Crippen MR) is 168 cm³/mol. The first-order valence-corrected chi connectivity index (χ1v) is 14.5. The number of nitrogens with zero attached hydrogens (tertiary/aromatic N) is 7. The fraction of sp³-hybridized carbons (Fsp3) is 0.333. The zero-order valence-electron chi connectivity index (χ0n) is 25.5. The van der Waals surface area contributed by atoms with Gasteiger partial charge in [-0.25, -0.2) is 33.1 Å². The highest BCUT2D eigenvalue weighted by atomic mass is 19.1. The summed E-state index contributed by atoms with van der Waals surface area (Å²) in [5.74, 6) is -2.36. The number of fused-ring (bicyclic) bond motifs is 1. The minimum absolute atomic E-state index is 0.0530. The van der Waals surface area contributed by atoms with Gasteiger partial charge in [0.25, 0.3) is 5.91 Å². The molecule has 11 heteroatoms. The van der Waals surface area contributed by atoms with E-state index in [0.717, 1.165) is 0 Å². The molecular formula is C33H35F2N7O2.